The van der Waals surface area contributed by atoms with Crippen LogP contribution in [0.25, 0.3) is 5.65 Å². The zero-order valence-electron chi connectivity index (χ0n) is 12.9. The van der Waals surface area contributed by atoms with E-state index in [1.54, 1.807) is 4.90 Å². The Morgan fingerprint density at radius 2 is 2.14 bits per heavy atom. The topological polar surface area (TPSA) is 59.7 Å². The van der Waals surface area contributed by atoms with E-state index in [1.165, 1.54) is 0 Å². The van der Waals surface area contributed by atoms with Crippen LogP contribution in [0.4, 0.5) is 4.79 Å². The molecular formula is C15H19BrN4O2. The predicted octanol–water partition coefficient (Wildman–Crippen LogP) is 3.22. The van der Waals surface area contributed by atoms with E-state index in [0.29, 0.717) is 13.1 Å². The Bertz CT molecular complexity index is 707. The molecule has 0 aromatic carbocycles. The molecule has 2 aromatic rings. The number of halogens is 1. The van der Waals surface area contributed by atoms with E-state index < -0.39 is 5.60 Å². The average Bonchev–Trinajstić information content (AvgIpc) is 3.01. The molecule has 0 bridgehead atoms. The lowest BCUT2D eigenvalue weighted by Gasteiger charge is -2.24. The molecule has 0 radical (unpaired) electrons. The highest BCUT2D eigenvalue weighted by Gasteiger charge is 2.32. The Labute approximate surface area is 137 Å². The van der Waals surface area contributed by atoms with Gasteiger partial charge in [0, 0.05) is 29.7 Å². The molecule has 1 saturated heterocycles. The summed E-state index contributed by atoms with van der Waals surface area (Å²) in [6, 6.07) is 3.86. The standard InChI is InChI=1S/C15H19BrN4O2/c1-15(2,3)22-14(21)19-7-6-10(8-19)13-18-17-12-5-4-11(16)9-20(12)13/h4-5,9-10H,6-8H2,1-3H3/t10-/m1/s1. The Kier molecular flexibility index (Phi) is 3.84. The summed E-state index contributed by atoms with van der Waals surface area (Å²) in [4.78, 5) is 13.9. The Morgan fingerprint density at radius 3 is 2.86 bits per heavy atom. The Balaban J connectivity index is 1.77. The van der Waals surface area contributed by atoms with Crippen molar-refractivity contribution in [1.82, 2.24) is 19.5 Å². The molecule has 0 N–H and O–H groups in total. The van der Waals surface area contributed by atoms with Crippen molar-refractivity contribution in [2.45, 2.75) is 38.7 Å². The van der Waals surface area contributed by atoms with Gasteiger partial charge in [-0.05, 0) is 55.3 Å². The highest BCUT2D eigenvalue weighted by molar-refractivity contribution is 9.10. The summed E-state index contributed by atoms with van der Waals surface area (Å²) in [7, 11) is 0. The van der Waals surface area contributed by atoms with Gasteiger partial charge >= 0.3 is 6.09 Å². The van der Waals surface area contributed by atoms with Crippen molar-refractivity contribution in [3.05, 3.63) is 28.6 Å². The molecule has 0 spiro atoms. The van der Waals surface area contributed by atoms with E-state index in [9.17, 15) is 4.79 Å². The quantitative estimate of drug-likeness (QED) is 0.777. The molecular weight excluding hydrogens is 348 g/mol. The van der Waals surface area contributed by atoms with Crippen LogP contribution < -0.4 is 0 Å². The highest BCUT2D eigenvalue weighted by atomic mass is 79.9. The van der Waals surface area contributed by atoms with Crippen molar-refractivity contribution >= 4 is 27.7 Å². The highest BCUT2D eigenvalue weighted by Crippen LogP contribution is 2.28. The minimum absolute atomic E-state index is 0.178. The minimum atomic E-state index is -0.471. The summed E-state index contributed by atoms with van der Waals surface area (Å²) in [6.45, 7) is 6.93. The third kappa shape index (κ3) is 3.09. The largest absolute Gasteiger partial charge is 0.444 e. The van der Waals surface area contributed by atoms with Crippen molar-refractivity contribution < 1.29 is 9.53 Å². The smallest absolute Gasteiger partial charge is 0.410 e. The van der Waals surface area contributed by atoms with E-state index in [2.05, 4.69) is 26.1 Å². The molecule has 0 saturated carbocycles. The minimum Gasteiger partial charge on any atom is -0.444 e. The van der Waals surface area contributed by atoms with Gasteiger partial charge in [0.15, 0.2) is 5.65 Å². The summed E-state index contributed by atoms with van der Waals surface area (Å²) < 4.78 is 8.39. The fourth-order valence-electron chi connectivity index (χ4n) is 2.62. The second-order valence-electron chi connectivity index (χ2n) is 6.55. The van der Waals surface area contributed by atoms with Gasteiger partial charge in [-0.3, -0.25) is 4.40 Å². The lowest BCUT2D eigenvalue weighted by molar-refractivity contribution is 0.0292. The molecule has 6 nitrogen and oxygen atoms in total. The maximum absolute atomic E-state index is 12.1. The molecule has 1 aliphatic heterocycles. The van der Waals surface area contributed by atoms with Crippen LogP contribution in [0.2, 0.25) is 0 Å². The molecule has 1 atom stereocenters. The third-order valence-electron chi connectivity index (χ3n) is 3.60. The molecule has 1 fully saturated rings. The number of ether oxygens (including phenoxy) is 1. The SMILES string of the molecule is CC(C)(C)OC(=O)N1CC[C@@H](c2nnc3ccc(Br)cn23)C1. The number of likely N-dealkylation sites (tertiary alicyclic amines) is 1. The summed E-state index contributed by atoms with van der Waals surface area (Å²) in [5.41, 5.74) is 0.343. The van der Waals surface area contributed by atoms with E-state index in [0.717, 1.165) is 22.4 Å². The van der Waals surface area contributed by atoms with Gasteiger partial charge in [0.1, 0.15) is 11.4 Å². The molecule has 2 aromatic heterocycles. The lowest BCUT2D eigenvalue weighted by atomic mass is 10.1. The predicted molar refractivity (Wildman–Crippen MR) is 85.9 cm³/mol. The second kappa shape index (κ2) is 5.53. The van der Waals surface area contributed by atoms with Crippen LogP contribution in [0.15, 0.2) is 22.8 Å². The summed E-state index contributed by atoms with van der Waals surface area (Å²) in [6.07, 6.45) is 2.57. The number of nitrogens with zero attached hydrogens (tertiary/aromatic N) is 4. The van der Waals surface area contributed by atoms with Gasteiger partial charge in [-0.15, -0.1) is 10.2 Å². The molecule has 1 aliphatic rings. The van der Waals surface area contributed by atoms with Crippen LogP contribution in [0, 0.1) is 0 Å². The zero-order valence-corrected chi connectivity index (χ0v) is 14.5. The first kappa shape index (κ1) is 15.3. The molecule has 22 heavy (non-hydrogen) atoms. The van der Waals surface area contributed by atoms with Crippen molar-refractivity contribution in [1.29, 1.82) is 0 Å². The van der Waals surface area contributed by atoms with Crippen LogP contribution >= 0.6 is 15.9 Å². The molecule has 118 valence electrons. The molecule has 0 aliphatic carbocycles. The van der Waals surface area contributed by atoms with Crippen molar-refractivity contribution in [2.24, 2.45) is 0 Å². The van der Waals surface area contributed by atoms with Crippen molar-refractivity contribution in [3.8, 4) is 0 Å². The van der Waals surface area contributed by atoms with Gasteiger partial charge in [0.25, 0.3) is 0 Å². The van der Waals surface area contributed by atoms with E-state index in [1.807, 2.05) is 43.5 Å². The maximum atomic E-state index is 12.1. The van der Waals surface area contributed by atoms with Gasteiger partial charge < -0.3 is 9.64 Å². The number of carbonyl (C=O) groups is 1. The van der Waals surface area contributed by atoms with Gasteiger partial charge in [-0.25, -0.2) is 4.79 Å². The molecule has 0 unspecified atom stereocenters. The summed E-state index contributed by atoms with van der Waals surface area (Å²) in [5, 5.41) is 8.49. The number of amides is 1. The molecule has 7 heteroatoms. The van der Waals surface area contributed by atoms with Gasteiger partial charge in [0.2, 0.25) is 0 Å². The van der Waals surface area contributed by atoms with Gasteiger partial charge in [-0.1, -0.05) is 0 Å². The fraction of sp³-hybridized carbons (Fsp3) is 0.533. The van der Waals surface area contributed by atoms with Crippen LogP contribution in [0.1, 0.15) is 38.9 Å². The van der Waals surface area contributed by atoms with Crippen LogP contribution in [-0.2, 0) is 4.74 Å². The fourth-order valence-corrected chi connectivity index (χ4v) is 2.96. The van der Waals surface area contributed by atoms with Crippen LogP contribution in [0.5, 0.6) is 0 Å². The third-order valence-corrected chi connectivity index (χ3v) is 4.07. The number of hydrogen-bond acceptors (Lipinski definition) is 4. The maximum Gasteiger partial charge on any atom is 0.410 e. The van der Waals surface area contributed by atoms with E-state index in [4.69, 9.17) is 4.74 Å². The second-order valence-corrected chi connectivity index (χ2v) is 7.46. The Hall–Kier alpha value is -1.63. The van der Waals surface area contributed by atoms with Crippen LogP contribution in [-0.4, -0.2) is 44.3 Å². The summed E-state index contributed by atoms with van der Waals surface area (Å²) >= 11 is 3.47. The van der Waals surface area contributed by atoms with Crippen molar-refractivity contribution in [2.75, 3.05) is 13.1 Å². The van der Waals surface area contributed by atoms with Gasteiger partial charge in [-0.2, -0.15) is 0 Å². The normalized spacial score (nSPS) is 18.9. The lowest BCUT2D eigenvalue weighted by Crippen LogP contribution is -2.35. The number of carbonyl (C=O) groups excluding carboxylic acids is 1. The Morgan fingerprint density at radius 1 is 1.36 bits per heavy atom. The summed E-state index contributed by atoms with van der Waals surface area (Å²) in [5.74, 6) is 1.07. The van der Waals surface area contributed by atoms with E-state index in [-0.39, 0.29) is 12.0 Å². The number of rotatable bonds is 1. The monoisotopic (exact) mass is 366 g/mol. The average molecular weight is 367 g/mol. The number of pyridine rings is 1. The zero-order chi connectivity index (χ0) is 15.9. The van der Waals surface area contributed by atoms with E-state index >= 15 is 0 Å². The first-order valence-electron chi connectivity index (χ1n) is 7.31. The molecule has 3 heterocycles. The number of hydrogen-bond donors (Lipinski definition) is 0. The molecule has 3 rings (SSSR count). The van der Waals surface area contributed by atoms with Crippen molar-refractivity contribution in [3.63, 3.8) is 0 Å². The first-order chi connectivity index (χ1) is 10.3. The number of fused-ring (bicyclic) bond motifs is 1. The van der Waals surface area contributed by atoms with Crippen LogP contribution in [0.3, 0.4) is 0 Å². The van der Waals surface area contributed by atoms with Gasteiger partial charge in [0.05, 0.1) is 0 Å². The first-order valence-corrected chi connectivity index (χ1v) is 8.11. The number of aromatic nitrogens is 3. The molecule has 1 amide bonds.